The molecule has 1 aromatic heterocycles. The molecule has 8 heteroatoms. The zero-order valence-corrected chi connectivity index (χ0v) is 10.6. The molecule has 4 N–H and O–H groups in total. The van der Waals surface area contributed by atoms with Crippen molar-refractivity contribution in [3.05, 3.63) is 32.6 Å². The second-order valence-corrected chi connectivity index (χ2v) is 4.61. The number of aryl methyl sites for hydroxylation is 1. The van der Waals surface area contributed by atoms with Crippen LogP contribution in [0, 0.1) is 19.3 Å². The first-order valence-corrected chi connectivity index (χ1v) is 5.81. The maximum absolute atomic E-state index is 11.7. The number of aromatic amines is 1. The van der Waals surface area contributed by atoms with E-state index in [0.29, 0.717) is 0 Å². The van der Waals surface area contributed by atoms with Gasteiger partial charge >= 0.3 is 5.69 Å². The fourth-order valence-electron chi connectivity index (χ4n) is 2.08. The van der Waals surface area contributed by atoms with Crippen molar-refractivity contribution in [3.63, 3.8) is 0 Å². The summed E-state index contributed by atoms with van der Waals surface area (Å²) < 4.78 is 6.20. The van der Waals surface area contributed by atoms with Crippen LogP contribution >= 0.6 is 0 Å². The molecule has 20 heavy (non-hydrogen) atoms. The molecular formula is C12H14N2O6. The summed E-state index contributed by atoms with van der Waals surface area (Å²) >= 11 is 0. The predicted octanol–water partition coefficient (Wildman–Crippen LogP) is -2.54. The predicted molar refractivity (Wildman–Crippen MR) is 66.8 cm³/mol. The summed E-state index contributed by atoms with van der Waals surface area (Å²) in [6.07, 6.45) is 2.00. The van der Waals surface area contributed by atoms with Gasteiger partial charge in [-0.15, -0.1) is 6.42 Å². The van der Waals surface area contributed by atoms with Crippen molar-refractivity contribution in [2.24, 2.45) is 0 Å². The van der Waals surface area contributed by atoms with Crippen LogP contribution in [-0.2, 0) is 4.74 Å². The largest absolute Gasteiger partial charge is 0.392 e. The van der Waals surface area contributed by atoms with E-state index in [1.807, 2.05) is 4.98 Å². The monoisotopic (exact) mass is 282 g/mol. The summed E-state index contributed by atoms with van der Waals surface area (Å²) in [7, 11) is 0. The standard InChI is InChI=1S/C12H14N2O6/c1-3-12(5-15)8(17)7(16)10(20-12)14-4-6(2)9(18)13-11(14)19/h1,4,7-8,10,15-17H,5H2,2H3,(H,13,18,19)/t7?,8?,10-,12-/m1/s1. The first kappa shape index (κ1) is 14.5. The molecule has 2 heterocycles. The minimum Gasteiger partial charge on any atom is -0.392 e. The number of terminal acetylenes is 1. The van der Waals surface area contributed by atoms with Gasteiger partial charge in [-0.3, -0.25) is 14.3 Å². The molecule has 0 spiro atoms. The lowest BCUT2D eigenvalue weighted by Crippen LogP contribution is -2.45. The third-order valence-corrected chi connectivity index (χ3v) is 3.32. The van der Waals surface area contributed by atoms with Gasteiger partial charge in [0, 0.05) is 11.8 Å². The van der Waals surface area contributed by atoms with Crippen LogP contribution in [0.4, 0.5) is 0 Å². The van der Waals surface area contributed by atoms with Gasteiger partial charge in [0.05, 0.1) is 6.61 Å². The first-order chi connectivity index (χ1) is 9.36. The third-order valence-electron chi connectivity index (χ3n) is 3.32. The minimum absolute atomic E-state index is 0.220. The van der Waals surface area contributed by atoms with Crippen molar-refractivity contribution in [2.75, 3.05) is 6.61 Å². The molecule has 1 saturated heterocycles. The second-order valence-electron chi connectivity index (χ2n) is 4.61. The Morgan fingerprint density at radius 1 is 1.55 bits per heavy atom. The summed E-state index contributed by atoms with van der Waals surface area (Å²) in [5.41, 5.74) is -2.96. The minimum atomic E-state index is -1.80. The fraction of sp³-hybridized carbons (Fsp3) is 0.500. The van der Waals surface area contributed by atoms with E-state index in [1.54, 1.807) is 0 Å². The van der Waals surface area contributed by atoms with Crippen LogP contribution in [0.25, 0.3) is 0 Å². The van der Waals surface area contributed by atoms with Crippen LogP contribution in [0.2, 0.25) is 0 Å². The summed E-state index contributed by atoms with van der Waals surface area (Å²) in [5, 5.41) is 29.1. The molecule has 2 rings (SSSR count). The Morgan fingerprint density at radius 2 is 2.20 bits per heavy atom. The summed E-state index contributed by atoms with van der Waals surface area (Å²) in [6, 6.07) is 0. The highest BCUT2D eigenvalue weighted by molar-refractivity contribution is 5.18. The van der Waals surface area contributed by atoms with E-state index < -0.39 is 41.9 Å². The average molecular weight is 282 g/mol. The second kappa shape index (κ2) is 4.88. The van der Waals surface area contributed by atoms with Crippen LogP contribution in [0.3, 0.4) is 0 Å². The summed E-state index contributed by atoms with van der Waals surface area (Å²) in [5.74, 6) is 2.08. The highest BCUT2D eigenvalue weighted by atomic mass is 16.6. The van der Waals surface area contributed by atoms with Crippen molar-refractivity contribution < 1.29 is 20.1 Å². The molecule has 1 aliphatic rings. The van der Waals surface area contributed by atoms with Crippen LogP contribution in [0.1, 0.15) is 11.8 Å². The molecule has 2 unspecified atom stereocenters. The summed E-state index contributed by atoms with van der Waals surface area (Å²) in [6.45, 7) is 0.738. The SMILES string of the molecule is C#C[C@]1(CO)O[C@@H](n2cc(C)c(=O)[nH]c2=O)C(O)C1O. The molecule has 108 valence electrons. The maximum atomic E-state index is 11.7. The Kier molecular flexibility index (Phi) is 3.54. The van der Waals surface area contributed by atoms with Gasteiger partial charge in [0.25, 0.3) is 5.56 Å². The lowest BCUT2D eigenvalue weighted by atomic mass is 9.97. The maximum Gasteiger partial charge on any atom is 0.330 e. The van der Waals surface area contributed by atoms with E-state index in [2.05, 4.69) is 5.92 Å². The molecule has 0 saturated carbocycles. The summed E-state index contributed by atoms with van der Waals surface area (Å²) in [4.78, 5) is 25.1. The van der Waals surface area contributed by atoms with Gasteiger partial charge in [-0.2, -0.15) is 0 Å². The van der Waals surface area contributed by atoms with Gasteiger partial charge < -0.3 is 20.1 Å². The van der Waals surface area contributed by atoms with Gasteiger partial charge in [-0.1, -0.05) is 5.92 Å². The molecule has 0 radical (unpaired) electrons. The van der Waals surface area contributed by atoms with Crippen LogP contribution < -0.4 is 11.2 Å². The zero-order chi connectivity index (χ0) is 15.1. The van der Waals surface area contributed by atoms with Crippen LogP contribution in [-0.4, -0.2) is 49.3 Å². The molecule has 0 bridgehead atoms. The molecular weight excluding hydrogens is 268 g/mol. The molecule has 0 aromatic carbocycles. The number of ether oxygens (including phenoxy) is 1. The zero-order valence-electron chi connectivity index (χ0n) is 10.6. The first-order valence-electron chi connectivity index (χ1n) is 5.81. The van der Waals surface area contributed by atoms with E-state index in [1.165, 1.54) is 13.1 Å². The van der Waals surface area contributed by atoms with Crippen molar-refractivity contribution in [3.8, 4) is 12.3 Å². The van der Waals surface area contributed by atoms with Gasteiger partial charge in [0.15, 0.2) is 11.8 Å². The molecule has 1 aromatic rings. The van der Waals surface area contributed by atoms with Gasteiger partial charge in [-0.05, 0) is 6.92 Å². The number of nitrogens with zero attached hydrogens (tertiary/aromatic N) is 1. The number of aliphatic hydroxyl groups excluding tert-OH is 3. The number of rotatable bonds is 2. The molecule has 8 nitrogen and oxygen atoms in total. The number of hydrogen-bond donors (Lipinski definition) is 4. The third kappa shape index (κ3) is 1.97. The quantitative estimate of drug-likeness (QED) is 0.443. The number of H-pyrrole nitrogens is 1. The topological polar surface area (TPSA) is 125 Å². The number of aromatic nitrogens is 2. The highest BCUT2D eigenvalue weighted by Crippen LogP contribution is 2.35. The van der Waals surface area contributed by atoms with E-state index in [0.717, 1.165) is 4.57 Å². The van der Waals surface area contributed by atoms with Gasteiger partial charge in [0.2, 0.25) is 0 Å². The van der Waals surface area contributed by atoms with E-state index in [4.69, 9.17) is 11.2 Å². The van der Waals surface area contributed by atoms with Gasteiger partial charge in [0.1, 0.15) is 12.2 Å². The van der Waals surface area contributed by atoms with Crippen molar-refractivity contribution in [2.45, 2.75) is 31.0 Å². The molecule has 1 fully saturated rings. The molecule has 1 aliphatic heterocycles. The van der Waals surface area contributed by atoms with Crippen molar-refractivity contribution in [1.29, 1.82) is 0 Å². The lowest BCUT2D eigenvalue weighted by molar-refractivity contribution is -0.0937. The van der Waals surface area contributed by atoms with Crippen LogP contribution in [0.15, 0.2) is 15.8 Å². The van der Waals surface area contributed by atoms with Crippen LogP contribution in [0.5, 0.6) is 0 Å². The normalized spacial score (nSPS) is 33.0. The fourth-order valence-corrected chi connectivity index (χ4v) is 2.08. The average Bonchev–Trinajstić information content (AvgIpc) is 2.68. The molecule has 0 aliphatic carbocycles. The Labute approximate surface area is 113 Å². The van der Waals surface area contributed by atoms with Crippen molar-refractivity contribution in [1.82, 2.24) is 9.55 Å². The lowest BCUT2D eigenvalue weighted by Gasteiger charge is -2.23. The smallest absolute Gasteiger partial charge is 0.330 e. The Bertz CT molecular complexity index is 672. The Balaban J connectivity index is 2.51. The van der Waals surface area contributed by atoms with E-state index in [-0.39, 0.29) is 5.56 Å². The molecule has 4 atom stereocenters. The Morgan fingerprint density at radius 3 is 2.70 bits per heavy atom. The van der Waals surface area contributed by atoms with E-state index >= 15 is 0 Å². The number of hydrogen-bond acceptors (Lipinski definition) is 6. The highest BCUT2D eigenvalue weighted by Gasteiger charge is 2.54. The van der Waals surface area contributed by atoms with E-state index in [9.17, 15) is 24.9 Å². The number of nitrogens with one attached hydrogen (secondary N) is 1. The molecule has 0 amide bonds. The Hall–Kier alpha value is -1.92. The van der Waals surface area contributed by atoms with Gasteiger partial charge in [-0.25, -0.2) is 4.79 Å². The number of aliphatic hydroxyl groups is 3. The van der Waals surface area contributed by atoms with Crippen molar-refractivity contribution >= 4 is 0 Å².